The lowest BCUT2D eigenvalue weighted by Gasteiger charge is -2.27. The molecule has 288 valence electrons. The first-order valence-corrected chi connectivity index (χ1v) is 20.1. The van der Waals surface area contributed by atoms with Gasteiger partial charge in [0, 0.05) is 39.0 Å². The van der Waals surface area contributed by atoms with Gasteiger partial charge in [0.2, 0.25) is 0 Å². The summed E-state index contributed by atoms with van der Waals surface area (Å²) in [5, 5.41) is 4.40. The number of benzene rings is 9. The second kappa shape index (κ2) is 13.6. The fourth-order valence-corrected chi connectivity index (χ4v) is 9.17. The SMILES string of the molecule is CC1(C)c2cc(-c3cc(F)c(F)c(F)c3)ccc2-c2ccc(-c3ccc4c(c3)oc3cc(N(c5ccc(-c6ccccc6)cc5)c5cccc6ccccc56)ccc34)cc21. The molecule has 0 N–H and O–H groups in total. The fourth-order valence-electron chi connectivity index (χ4n) is 9.17. The smallest absolute Gasteiger partial charge is 0.194 e. The average Bonchev–Trinajstić information content (AvgIpc) is 3.76. The Kier molecular flexibility index (Phi) is 8.11. The second-order valence-electron chi connectivity index (χ2n) is 16.1. The fraction of sp³-hybridized carbons (Fsp3) is 0.0545. The van der Waals surface area contributed by atoms with Crippen LogP contribution in [0.3, 0.4) is 0 Å². The van der Waals surface area contributed by atoms with Crippen LogP contribution in [0.5, 0.6) is 0 Å². The maximum atomic E-state index is 14.2. The van der Waals surface area contributed by atoms with Crippen LogP contribution in [0.15, 0.2) is 186 Å². The Morgan fingerprint density at radius 3 is 1.67 bits per heavy atom. The molecule has 1 aromatic heterocycles. The third-order valence-corrected chi connectivity index (χ3v) is 12.3. The van der Waals surface area contributed by atoms with Gasteiger partial charge >= 0.3 is 0 Å². The van der Waals surface area contributed by atoms with Crippen molar-refractivity contribution in [2.24, 2.45) is 0 Å². The topological polar surface area (TPSA) is 16.4 Å². The summed E-state index contributed by atoms with van der Waals surface area (Å²) < 4.78 is 48.8. The van der Waals surface area contributed by atoms with E-state index in [2.05, 4.69) is 164 Å². The highest BCUT2D eigenvalue weighted by molar-refractivity contribution is 6.08. The quantitative estimate of drug-likeness (QED) is 0.156. The van der Waals surface area contributed by atoms with Gasteiger partial charge in [0.05, 0.1) is 5.69 Å². The molecule has 0 radical (unpaired) electrons. The van der Waals surface area contributed by atoms with Crippen LogP contribution in [0.1, 0.15) is 25.0 Å². The lowest BCUT2D eigenvalue weighted by Crippen LogP contribution is -2.15. The maximum Gasteiger partial charge on any atom is 0.194 e. The van der Waals surface area contributed by atoms with Gasteiger partial charge in [-0.1, -0.05) is 123 Å². The van der Waals surface area contributed by atoms with Gasteiger partial charge in [-0.2, -0.15) is 0 Å². The first kappa shape index (κ1) is 35.8. The van der Waals surface area contributed by atoms with Crippen molar-refractivity contribution >= 4 is 49.8 Å². The zero-order valence-electron chi connectivity index (χ0n) is 32.8. The van der Waals surface area contributed by atoms with Crippen LogP contribution in [0.4, 0.5) is 30.2 Å². The van der Waals surface area contributed by atoms with E-state index < -0.39 is 22.9 Å². The Morgan fingerprint density at radius 1 is 0.417 bits per heavy atom. The number of halogens is 3. The standard InChI is InChI=1S/C55H36F3NO/c1-55(2)47-27-36(17-23-43(47)44-24-18-37(28-48(44)55)39-29-49(56)54(58)50(57)30-39)38-19-25-45-46-26-22-41(32-53(46)60-52(45)31-38)59(51-14-8-12-35-11-6-7-13-42(35)51)40-20-15-34(16-21-40)33-9-4-3-5-10-33/h3-32H,1-2H3. The number of furan rings is 1. The Bertz CT molecular complexity index is 3300. The number of hydrogen-bond donors (Lipinski definition) is 0. The molecule has 11 rings (SSSR count). The zero-order chi connectivity index (χ0) is 40.7. The summed E-state index contributed by atoms with van der Waals surface area (Å²) in [5.74, 6) is -3.87. The Labute approximate surface area is 345 Å². The second-order valence-corrected chi connectivity index (χ2v) is 16.1. The summed E-state index contributed by atoms with van der Waals surface area (Å²) in [6.07, 6.45) is 0. The predicted octanol–water partition coefficient (Wildman–Crippen LogP) is 15.9. The third kappa shape index (κ3) is 5.72. The van der Waals surface area contributed by atoms with Crippen molar-refractivity contribution in [3.8, 4) is 44.5 Å². The third-order valence-electron chi connectivity index (χ3n) is 12.3. The lowest BCUT2D eigenvalue weighted by atomic mass is 9.81. The Hall–Kier alpha value is -7.37. The molecule has 10 aromatic rings. The van der Waals surface area contributed by atoms with E-state index in [1.54, 1.807) is 0 Å². The Balaban J connectivity index is 0.964. The van der Waals surface area contributed by atoms with E-state index in [1.165, 1.54) is 10.9 Å². The van der Waals surface area contributed by atoms with Crippen LogP contribution in [0.25, 0.3) is 77.2 Å². The van der Waals surface area contributed by atoms with Gasteiger partial charge in [-0.15, -0.1) is 0 Å². The molecule has 2 nitrogen and oxygen atoms in total. The van der Waals surface area contributed by atoms with E-state index in [0.29, 0.717) is 11.1 Å². The highest BCUT2D eigenvalue weighted by atomic mass is 19.2. The maximum absolute atomic E-state index is 14.2. The molecule has 0 bridgehead atoms. The molecule has 1 aliphatic rings. The van der Waals surface area contributed by atoms with Crippen molar-refractivity contribution in [3.05, 3.63) is 211 Å². The minimum absolute atomic E-state index is 0.298. The summed E-state index contributed by atoms with van der Waals surface area (Å²) in [4.78, 5) is 2.30. The molecular formula is C55H36F3NO. The molecule has 0 unspecified atom stereocenters. The molecule has 9 aromatic carbocycles. The van der Waals surface area contributed by atoms with Crippen molar-refractivity contribution < 1.29 is 17.6 Å². The highest BCUT2D eigenvalue weighted by Crippen LogP contribution is 2.51. The van der Waals surface area contributed by atoms with Gasteiger partial charge in [0.15, 0.2) is 17.5 Å². The summed E-state index contributed by atoms with van der Waals surface area (Å²) >= 11 is 0. The molecule has 0 fully saturated rings. The van der Waals surface area contributed by atoms with Crippen molar-refractivity contribution in [3.63, 3.8) is 0 Å². The number of hydrogen-bond acceptors (Lipinski definition) is 2. The summed E-state index contributed by atoms with van der Waals surface area (Å²) in [6, 6.07) is 61.4. The monoisotopic (exact) mass is 783 g/mol. The number of fused-ring (bicyclic) bond motifs is 7. The van der Waals surface area contributed by atoms with E-state index in [1.807, 2.05) is 24.3 Å². The first-order valence-electron chi connectivity index (χ1n) is 20.1. The largest absolute Gasteiger partial charge is 0.456 e. The van der Waals surface area contributed by atoms with Crippen molar-refractivity contribution in [2.75, 3.05) is 4.90 Å². The van der Waals surface area contributed by atoms with Crippen molar-refractivity contribution in [1.82, 2.24) is 0 Å². The zero-order valence-corrected chi connectivity index (χ0v) is 32.8. The van der Waals surface area contributed by atoms with Crippen molar-refractivity contribution in [2.45, 2.75) is 19.3 Å². The van der Waals surface area contributed by atoms with Gasteiger partial charge in [0.25, 0.3) is 0 Å². The molecule has 1 heterocycles. The molecule has 0 aliphatic heterocycles. The van der Waals surface area contributed by atoms with Crippen molar-refractivity contribution in [1.29, 1.82) is 0 Å². The van der Waals surface area contributed by atoms with E-state index in [-0.39, 0.29) is 0 Å². The number of anilines is 3. The van der Waals surface area contributed by atoms with E-state index in [9.17, 15) is 13.2 Å². The van der Waals surface area contributed by atoms with Gasteiger partial charge in [-0.25, -0.2) is 13.2 Å². The molecule has 0 spiro atoms. The lowest BCUT2D eigenvalue weighted by molar-refractivity contribution is 0.447. The molecule has 60 heavy (non-hydrogen) atoms. The van der Waals surface area contributed by atoms with Crippen LogP contribution < -0.4 is 4.90 Å². The van der Waals surface area contributed by atoms with Gasteiger partial charge in [-0.05, 0) is 128 Å². The summed E-state index contributed by atoms with van der Waals surface area (Å²) in [7, 11) is 0. The first-order chi connectivity index (χ1) is 29.2. The normalized spacial score (nSPS) is 12.9. The molecule has 0 saturated heterocycles. The number of rotatable bonds is 6. The predicted molar refractivity (Wildman–Crippen MR) is 240 cm³/mol. The van der Waals surface area contributed by atoms with Crippen LogP contribution in [0.2, 0.25) is 0 Å². The summed E-state index contributed by atoms with van der Waals surface area (Å²) in [5.41, 5.74) is 14.1. The molecule has 5 heteroatoms. The molecule has 0 amide bonds. The van der Waals surface area contributed by atoms with Crippen LogP contribution >= 0.6 is 0 Å². The number of nitrogens with zero attached hydrogens (tertiary/aromatic N) is 1. The van der Waals surface area contributed by atoms with E-state index in [4.69, 9.17) is 4.42 Å². The van der Waals surface area contributed by atoms with Gasteiger partial charge < -0.3 is 9.32 Å². The van der Waals surface area contributed by atoms with Crippen LogP contribution in [-0.4, -0.2) is 0 Å². The summed E-state index contributed by atoms with van der Waals surface area (Å²) in [6.45, 7) is 4.33. The molecule has 1 aliphatic carbocycles. The van der Waals surface area contributed by atoms with Crippen LogP contribution in [0, 0.1) is 17.5 Å². The Morgan fingerprint density at radius 2 is 0.950 bits per heavy atom. The minimum atomic E-state index is -1.46. The van der Waals surface area contributed by atoms with Gasteiger partial charge in [-0.3, -0.25) is 0 Å². The van der Waals surface area contributed by atoms with Crippen LogP contribution in [-0.2, 0) is 5.41 Å². The average molecular weight is 784 g/mol. The minimum Gasteiger partial charge on any atom is -0.456 e. The highest BCUT2D eigenvalue weighted by Gasteiger charge is 2.36. The molecule has 0 saturated carbocycles. The van der Waals surface area contributed by atoms with E-state index in [0.717, 1.165) is 95.5 Å². The molecular weight excluding hydrogens is 748 g/mol. The van der Waals surface area contributed by atoms with E-state index >= 15 is 0 Å². The molecule has 0 atom stereocenters. The van der Waals surface area contributed by atoms with Gasteiger partial charge in [0.1, 0.15) is 11.2 Å².